The fourth-order valence-corrected chi connectivity index (χ4v) is 3.22. The lowest BCUT2D eigenvalue weighted by Gasteiger charge is -2.15. The van der Waals surface area contributed by atoms with Gasteiger partial charge in [-0.2, -0.15) is 0 Å². The Morgan fingerprint density at radius 1 is 1.22 bits per heavy atom. The van der Waals surface area contributed by atoms with E-state index >= 15 is 0 Å². The van der Waals surface area contributed by atoms with Crippen molar-refractivity contribution in [1.82, 2.24) is 5.32 Å². The highest BCUT2D eigenvalue weighted by Gasteiger charge is 2.16. The summed E-state index contributed by atoms with van der Waals surface area (Å²) in [5.74, 6) is 0.791. The second-order valence-corrected chi connectivity index (χ2v) is 6.70. The Bertz CT molecular complexity index is 722. The fraction of sp³-hybridized carbons (Fsp3) is 0.400. The number of rotatable bonds is 8. The predicted molar refractivity (Wildman–Crippen MR) is 107 cm³/mol. The fourth-order valence-electron chi connectivity index (χ4n) is 2.93. The van der Waals surface area contributed by atoms with Gasteiger partial charge >= 0.3 is 0 Å². The molecule has 1 unspecified atom stereocenters. The summed E-state index contributed by atoms with van der Waals surface area (Å²) in [6, 6.07) is 9.94. The van der Waals surface area contributed by atoms with Crippen molar-refractivity contribution >= 4 is 24.0 Å². The van der Waals surface area contributed by atoms with Crippen LogP contribution in [0.3, 0.4) is 0 Å². The highest BCUT2D eigenvalue weighted by Crippen LogP contribution is 2.37. The monoisotopic (exact) mass is 415 g/mol. The van der Waals surface area contributed by atoms with Gasteiger partial charge in [0.05, 0.1) is 18.2 Å². The third-order valence-electron chi connectivity index (χ3n) is 4.31. The second kappa shape index (κ2) is 10.7. The van der Waals surface area contributed by atoms with Gasteiger partial charge in [0.2, 0.25) is 0 Å². The van der Waals surface area contributed by atoms with Gasteiger partial charge in [-0.3, -0.25) is 0 Å². The molecule has 0 saturated carbocycles. The Labute approximate surface area is 170 Å². The molecule has 4 nitrogen and oxygen atoms in total. The zero-order valence-corrected chi connectivity index (χ0v) is 16.7. The van der Waals surface area contributed by atoms with Crippen LogP contribution in [0.4, 0.5) is 4.39 Å². The molecule has 0 radical (unpaired) electrons. The van der Waals surface area contributed by atoms with Crippen LogP contribution >= 0.6 is 24.0 Å². The molecule has 1 heterocycles. The maximum Gasteiger partial charge on any atom is 0.180 e. The van der Waals surface area contributed by atoms with Gasteiger partial charge in [-0.25, -0.2) is 4.39 Å². The van der Waals surface area contributed by atoms with Crippen molar-refractivity contribution in [1.29, 1.82) is 0 Å². The van der Waals surface area contributed by atoms with Crippen LogP contribution in [-0.2, 0) is 17.9 Å². The summed E-state index contributed by atoms with van der Waals surface area (Å²) < 4.78 is 29.8. The minimum absolute atomic E-state index is 0. The zero-order valence-electron chi connectivity index (χ0n) is 15.2. The lowest BCUT2D eigenvalue weighted by atomic mass is 10.2. The van der Waals surface area contributed by atoms with Crippen LogP contribution in [0.1, 0.15) is 24.0 Å². The molecule has 0 bridgehead atoms. The Morgan fingerprint density at radius 3 is 2.67 bits per heavy atom. The van der Waals surface area contributed by atoms with Crippen LogP contribution < -0.4 is 14.8 Å². The van der Waals surface area contributed by atoms with Crippen molar-refractivity contribution in [2.75, 3.05) is 20.3 Å². The van der Waals surface area contributed by atoms with E-state index in [1.165, 1.54) is 12.1 Å². The number of methoxy groups -OCH3 is 1. The molecule has 7 heteroatoms. The first-order valence-electron chi connectivity index (χ1n) is 8.71. The Kier molecular flexibility index (Phi) is 8.64. The van der Waals surface area contributed by atoms with E-state index in [9.17, 15) is 4.39 Å². The molecule has 0 aliphatic carbocycles. The normalized spacial score (nSPS) is 16.0. The molecule has 1 saturated heterocycles. The van der Waals surface area contributed by atoms with Gasteiger partial charge in [0.1, 0.15) is 12.4 Å². The highest BCUT2D eigenvalue weighted by atomic mass is 35.5. The van der Waals surface area contributed by atoms with Crippen molar-refractivity contribution < 1.29 is 18.6 Å². The van der Waals surface area contributed by atoms with E-state index in [-0.39, 0.29) is 24.8 Å². The SMILES string of the molecule is COc1cc(CNCC2CCCO2)cc(Cl)c1OCc1ccc(F)cc1.Cl. The van der Waals surface area contributed by atoms with Gasteiger partial charge in [-0.05, 0) is 48.2 Å². The molecule has 1 N–H and O–H groups in total. The Balaban J connectivity index is 0.00000261. The number of hydrogen-bond donors (Lipinski definition) is 1. The van der Waals surface area contributed by atoms with Crippen LogP contribution in [0.5, 0.6) is 11.5 Å². The molecule has 0 amide bonds. The van der Waals surface area contributed by atoms with E-state index in [0.717, 1.165) is 37.1 Å². The maximum absolute atomic E-state index is 13.0. The van der Waals surface area contributed by atoms with Crippen molar-refractivity contribution in [3.05, 3.63) is 58.4 Å². The summed E-state index contributed by atoms with van der Waals surface area (Å²) >= 11 is 6.39. The van der Waals surface area contributed by atoms with Crippen LogP contribution in [0.15, 0.2) is 36.4 Å². The van der Waals surface area contributed by atoms with Crippen LogP contribution in [0.2, 0.25) is 5.02 Å². The van der Waals surface area contributed by atoms with Gasteiger partial charge in [-0.1, -0.05) is 23.7 Å². The lowest BCUT2D eigenvalue weighted by Crippen LogP contribution is -2.25. The van der Waals surface area contributed by atoms with Crippen LogP contribution in [-0.4, -0.2) is 26.4 Å². The molecule has 0 aromatic heterocycles. The molecule has 1 aliphatic heterocycles. The average Bonchev–Trinajstić information content (AvgIpc) is 3.15. The molecule has 2 aromatic carbocycles. The summed E-state index contributed by atoms with van der Waals surface area (Å²) in [7, 11) is 1.58. The third kappa shape index (κ3) is 6.25. The Hall–Kier alpha value is -1.53. The first kappa shape index (κ1) is 21.8. The van der Waals surface area contributed by atoms with E-state index < -0.39 is 0 Å². The summed E-state index contributed by atoms with van der Waals surface area (Å²) in [5.41, 5.74) is 1.87. The molecule has 2 aromatic rings. The lowest BCUT2D eigenvalue weighted by molar-refractivity contribution is 0.110. The van der Waals surface area contributed by atoms with Crippen LogP contribution in [0, 0.1) is 5.82 Å². The van der Waals surface area contributed by atoms with Gasteiger partial charge < -0.3 is 19.5 Å². The topological polar surface area (TPSA) is 39.7 Å². The summed E-state index contributed by atoms with van der Waals surface area (Å²) in [6.07, 6.45) is 2.53. The van der Waals surface area contributed by atoms with Gasteiger partial charge in [0.15, 0.2) is 11.5 Å². The van der Waals surface area contributed by atoms with Crippen molar-refractivity contribution in [3.8, 4) is 11.5 Å². The third-order valence-corrected chi connectivity index (χ3v) is 4.59. The molecular weight excluding hydrogens is 392 g/mol. The van der Waals surface area contributed by atoms with E-state index in [2.05, 4.69) is 5.32 Å². The molecule has 1 atom stereocenters. The average molecular weight is 416 g/mol. The number of nitrogens with one attached hydrogen (secondary N) is 1. The van der Waals surface area contributed by atoms with E-state index in [4.69, 9.17) is 25.8 Å². The minimum Gasteiger partial charge on any atom is -0.493 e. The molecular formula is C20H24Cl2FNO3. The maximum atomic E-state index is 13.0. The molecule has 3 rings (SSSR count). The summed E-state index contributed by atoms with van der Waals surface area (Å²) in [4.78, 5) is 0. The van der Waals surface area contributed by atoms with Crippen LogP contribution in [0.25, 0.3) is 0 Å². The van der Waals surface area contributed by atoms with Crippen molar-refractivity contribution in [2.24, 2.45) is 0 Å². The van der Waals surface area contributed by atoms with Gasteiger partial charge in [-0.15, -0.1) is 12.4 Å². The molecule has 0 spiro atoms. The Morgan fingerprint density at radius 2 is 2.00 bits per heavy atom. The number of ether oxygens (including phenoxy) is 3. The number of benzene rings is 2. The molecule has 148 valence electrons. The van der Waals surface area contributed by atoms with Gasteiger partial charge in [0, 0.05) is 19.7 Å². The first-order valence-corrected chi connectivity index (χ1v) is 9.09. The highest BCUT2D eigenvalue weighted by molar-refractivity contribution is 6.32. The van der Waals surface area contributed by atoms with Gasteiger partial charge in [0.25, 0.3) is 0 Å². The quantitative estimate of drug-likeness (QED) is 0.674. The zero-order chi connectivity index (χ0) is 18.4. The largest absolute Gasteiger partial charge is 0.493 e. The number of hydrogen-bond acceptors (Lipinski definition) is 4. The molecule has 1 aliphatic rings. The molecule has 27 heavy (non-hydrogen) atoms. The second-order valence-electron chi connectivity index (χ2n) is 6.29. The molecule has 1 fully saturated rings. The smallest absolute Gasteiger partial charge is 0.180 e. The summed E-state index contributed by atoms with van der Waals surface area (Å²) in [6.45, 7) is 2.63. The summed E-state index contributed by atoms with van der Waals surface area (Å²) in [5, 5.41) is 3.88. The first-order chi connectivity index (χ1) is 12.7. The van der Waals surface area contributed by atoms with E-state index in [1.807, 2.05) is 12.1 Å². The van der Waals surface area contributed by atoms with Crippen molar-refractivity contribution in [2.45, 2.75) is 32.1 Å². The predicted octanol–water partition coefficient (Wildman–Crippen LogP) is 4.76. The van der Waals surface area contributed by atoms with Crippen molar-refractivity contribution in [3.63, 3.8) is 0 Å². The number of halogens is 3. The minimum atomic E-state index is -0.274. The van der Waals surface area contributed by atoms with E-state index in [0.29, 0.717) is 29.2 Å². The standard InChI is InChI=1S/C20H23ClFNO3.ClH/c1-24-19-10-15(11-23-12-17-3-2-8-25-17)9-18(21)20(19)26-13-14-4-6-16(22)7-5-14;/h4-7,9-10,17,23H,2-3,8,11-13H2,1H3;1H. The van der Waals surface area contributed by atoms with E-state index in [1.54, 1.807) is 19.2 Å².